The normalized spacial score (nSPS) is 12.1. The van der Waals surface area contributed by atoms with E-state index < -0.39 is 12.0 Å². The minimum Gasteiger partial charge on any atom is -0.480 e. The highest BCUT2D eigenvalue weighted by molar-refractivity contribution is 5.75. The van der Waals surface area contributed by atoms with Gasteiger partial charge in [0.05, 0.1) is 0 Å². The van der Waals surface area contributed by atoms with Crippen molar-refractivity contribution in [3.63, 3.8) is 0 Å². The number of nitrogens with two attached hydrogens (primary N) is 1. The van der Waals surface area contributed by atoms with Crippen molar-refractivity contribution in [2.75, 3.05) is 6.54 Å². The number of carboxylic acid groups (broad SMARTS) is 1. The van der Waals surface area contributed by atoms with Crippen LogP contribution >= 0.6 is 0 Å². The predicted octanol–water partition coefficient (Wildman–Crippen LogP) is 0.0948. The molecule has 0 radical (unpaired) electrons. The summed E-state index contributed by atoms with van der Waals surface area (Å²) in [7, 11) is 0. The van der Waals surface area contributed by atoms with Gasteiger partial charge < -0.3 is 16.2 Å². The number of carbonyl (C=O) groups excluding carboxylic acids is 1. The van der Waals surface area contributed by atoms with Crippen LogP contribution in [0.1, 0.15) is 32.6 Å². The van der Waals surface area contributed by atoms with Gasteiger partial charge in [0.1, 0.15) is 6.04 Å². The number of carboxylic acids is 1. The Balaban J connectivity index is 3.30. The molecule has 5 heteroatoms. The topological polar surface area (TPSA) is 92.4 Å². The molecule has 0 aliphatic rings. The maximum absolute atomic E-state index is 10.8. The van der Waals surface area contributed by atoms with Crippen LogP contribution in [0.25, 0.3) is 0 Å². The van der Waals surface area contributed by atoms with E-state index in [1.165, 1.54) is 0 Å². The van der Waals surface area contributed by atoms with Crippen LogP contribution in [0.2, 0.25) is 0 Å². The highest BCUT2D eigenvalue weighted by Gasteiger charge is 2.09. The van der Waals surface area contributed by atoms with Crippen molar-refractivity contribution < 1.29 is 14.7 Å². The lowest BCUT2D eigenvalue weighted by molar-refractivity contribution is -0.138. The third kappa shape index (κ3) is 6.42. The van der Waals surface area contributed by atoms with Crippen molar-refractivity contribution in [1.82, 2.24) is 5.32 Å². The van der Waals surface area contributed by atoms with Crippen molar-refractivity contribution in [1.29, 1.82) is 0 Å². The van der Waals surface area contributed by atoms with Crippen LogP contribution in [-0.2, 0) is 9.59 Å². The van der Waals surface area contributed by atoms with Gasteiger partial charge in [-0.05, 0) is 19.3 Å². The maximum atomic E-state index is 10.8. The van der Waals surface area contributed by atoms with E-state index in [2.05, 4.69) is 5.32 Å². The van der Waals surface area contributed by atoms with Crippen LogP contribution in [0.4, 0.5) is 0 Å². The summed E-state index contributed by atoms with van der Waals surface area (Å²) in [6, 6.07) is -0.781. The second kappa shape index (κ2) is 7.32. The van der Waals surface area contributed by atoms with Gasteiger partial charge in [0, 0.05) is 13.0 Å². The monoisotopic (exact) mass is 202 g/mol. The Labute approximate surface area is 83.7 Å². The fourth-order valence-electron chi connectivity index (χ4n) is 0.966. The first-order valence-electron chi connectivity index (χ1n) is 4.83. The van der Waals surface area contributed by atoms with Crippen LogP contribution < -0.4 is 11.1 Å². The minimum absolute atomic E-state index is 0.0209. The molecule has 0 fully saturated rings. The van der Waals surface area contributed by atoms with E-state index in [9.17, 15) is 9.59 Å². The second-order valence-electron chi connectivity index (χ2n) is 3.14. The Bertz CT molecular complexity index is 194. The fourth-order valence-corrected chi connectivity index (χ4v) is 0.966. The SMILES string of the molecule is CCC(=O)NCCCCC(N)C(=O)O. The van der Waals surface area contributed by atoms with E-state index in [0.29, 0.717) is 19.4 Å². The zero-order valence-electron chi connectivity index (χ0n) is 8.45. The van der Waals surface area contributed by atoms with E-state index >= 15 is 0 Å². The summed E-state index contributed by atoms with van der Waals surface area (Å²) < 4.78 is 0. The molecule has 0 aromatic rings. The zero-order chi connectivity index (χ0) is 11.0. The molecular formula is C9H18N2O3. The van der Waals surface area contributed by atoms with Crippen LogP contribution in [0.5, 0.6) is 0 Å². The van der Waals surface area contributed by atoms with Gasteiger partial charge in [-0.3, -0.25) is 9.59 Å². The molecule has 0 heterocycles. The van der Waals surface area contributed by atoms with Crippen LogP contribution in [-0.4, -0.2) is 29.6 Å². The quantitative estimate of drug-likeness (QED) is 0.510. The molecule has 0 spiro atoms. The average Bonchev–Trinajstić information content (AvgIpc) is 2.16. The molecule has 0 saturated carbocycles. The first-order chi connectivity index (χ1) is 6.57. The molecule has 0 aromatic carbocycles. The number of amides is 1. The Morgan fingerprint density at radius 1 is 1.43 bits per heavy atom. The van der Waals surface area contributed by atoms with Gasteiger partial charge in [0.2, 0.25) is 5.91 Å². The summed E-state index contributed by atoms with van der Waals surface area (Å²) in [6.45, 7) is 2.38. The van der Waals surface area contributed by atoms with E-state index in [1.54, 1.807) is 6.92 Å². The lowest BCUT2D eigenvalue weighted by atomic mass is 10.1. The Morgan fingerprint density at radius 2 is 2.07 bits per heavy atom. The lowest BCUT2D eigenvalue weighted by Crippen LogP contribution is -2.30. The van der Waals surface area contributed by atoms with E-state index in [1.807, 2.05) is 0 Å². The molecule has 0 rings (SSSR count). The molecule has 14 heavy (non-hydrogen) atoms. The van der Waals surface area contributed by atoms with Gasteiger partial charge in [0.25, 0.3) is 0 Å². The molecular weight excluding hydrogens is 184 g/mol. The van der Waals surface area contributed by atoms with Gasteiger partial charge in [-0.25, -0.2) is 0 Å². The predicted molar refractivity (Wildman–Crippen MR) is 52.8 cm³/mol. The standard InChI is InChI=1S/C9H18N2O3/c1-2-8(12)11-6-4-3-5-7(10)9(13)14/h7H,2-6,10H2,1H3,(H,11,12)(H,13,14). The highest BCUT2D eigenvalue weighted by Crippen LogP contribution is 1.98. The molecule has 1 amide bonds. The van der Waals surface area contributed by atoms with Crippen LogP contribution in [0.3, 0.4) is 0 Å². The molecule has 4 N–H and O–H groups in total. The zero-order valence-corrected chi connectivity index (χ0v) is 8.45. The summed E-state index contributed by atoms with van der Waals surface area (Å²) in [6.07, 6.45) is 2.43. The maximum Gasteiger partial charge on any atom is 0.320 e. The molecule has 0 aliphatic heterocycles. The van der Waals surface area contributed by atoms with Crippen LogP contribution in [0.15, 0.2) is 0 Å². The van der Waals surface area contributed by atoms with Crippen molar-refractivity contribution >= 4 is 11.9 Å². The minimum atomic E-state index is -0.970. The van der Waals surface area contributed by atoms with Gasteiger partial charge in [-0.15, -0.1) is 0 Å². The molecule has 1 atom stereocenters. The van der Waals surface area contributed by atoms with Crippen LogP contribution in [0, 0.1) is 0 Å². The molecule has 5 nitrogen and oxygen atoms in total. The molecule has 0 aliphatic carbocycles. The summed E-state index contributed by atoms with van der Waals surface area (Å²) in [5, 5.41) is 11.2. The van der Waals surface area contributed by atoms with Crippen molar-refractivity contribution in [3.8, 4) is 0 Å². The molecule has 0 saturated heterocycles. The number of hydrogen-bond donors (Lipinski definition) is 3. The van der Waals surface area contributed by atoms with Crippen molar-refractivity contribution in [2.24, 2.45) is 5.73 Å². The lowest BCUT2D eigenvalue weighted by Gasteiger charge is -2.06. The van der Waals surface area contributed by atoms with Gasteiger partial charge >= 0.3 is 5.97 Å². The molecule has 0 bridgehead atoms. The Morgan fingerprint density at radius 3 is 2.57 bits per heavy atom. The number of rotatable bonds is 7. The van der Waals surface area contributed by atoms with Crippen molar-refractivity contribution in [2.45, 2.75) is 38.6 Å². The highest BCUT2D eigenvalue weighted by atomic mass is 16.4. The summed E-state index contributed by atoms with van der Waals surface area (Å²) in [5.74, 6) is -0.949. The van der Waals surface area contributed by atoms with Gasteiger partial charge in [-0.1, -0.05) is 6.92 Å². The van der Waals surface area contributed by atoms with Gasteiger partial charge in [0.15, 0.2) is 0 Å². The number of nitrogens with one attached hydrogen (secondary N) is 1. The van der Waals surface area contributed by atoms with E-state index in [0.717, 1.165) is 12.8 Å². The number of carbonyl (C=O) groups is 2. The summed E-state index contributed by atoms with van der Waals surface area (Å²) >= 11 is 0. The Hall–Kier alpha value is -1.10. The molecule has 1 unspecified atom stereocenters. The van der Waals surface area contributed by atoms with Crippen molar-refractivity contribution in [3.05, 3.63) is 0 Å². The summed E-state index contributed by atoms with van der Waals surface area (Å²) in [4.78, 5) is 21.1. The number of aliphatic carboxylic acids is 1. The first-order valence-corrected chi connectivity index (χ1v) is 4.83. The second-order valence-corrected chi connectivity index (χ2v) is 3.14. The largest absolute Gasteiger partial charge is 0.480 e. The number of unbranched alkanes of at least 4 members (excludes halogenated alkanes) is 1. The Kier molecular flexibility index (Phi) is 6.74. The number of hydrogen-bond acceptors (Lipinski definition) is 3. The van der Waals surface area contributed by atoms with E-state index in [-0.39, 0.29) is 5.91 Å². The molecule has 0 aromatic heterocycles. The molecule has 82 valence electrons. The smallest absolute Gasteiger partial charge is 0.320 e. The third-order valence-corrected chi connectivity index (χ3v) is 1.90. The van der Waals surface area contributed by atoms with E-state index in [4.69, 9.17) is 10.8 Å². The fraction of sp³-hybridized carbons (Fsp3) is 0.778. The average molecular weight is 202 g/mol. The summed E-state index contributed by atoms with van der Waals surface area (Å²) in [5.41, 5.74) is 5.30. The van der Waals surface area contributed by atoms with Gasteiger partial charge in [-0.2, -0.15) is 0 Å². The first kappa shape index (κ1) is 12.9. The third-order valence-electron chi connectivity index (χ3n) is 1.90.